The number of halogens is 1. The van der Waals surface area contributed by atoms with Crippen LogP contribution in [0.4, 0.5) is 0 Å². The summed E-state index contributed by atoms with van der Waals surface area (Å²) in [5, 5.41) is 13.9. The number of carboxylic acid groups (broad SMARTS) is 1. The molecule has 0 radical (unpaired) electrons. The van der Waals surface area contributed by atoms with Gasteiger partial charge in [0.05, 0.1) is 11.5 Å². The highest BCUT2D eigenvalue weighted by Gasteiger charge is 2.55. The highest BCUT2D eigenvalue weighted by molar-refractivity contribution is 5.85. The molecule has 1 aliphatic carbocycles. The fourth-order valence-corrected chi connectivity index (χ4v) is 4.95. The molecule has 2 fully saturated rings. The number of H-pyrrole nitrogens is 1. The molecule has 6 nitrogen and oxygen atoms in total. The van der Waals surface area contributed by atoms with Crippen molar-refractivity contribution in [1.82, 2.24) is 15.2 Å². The lowest BCUT2D eigenvalue weighted by Gasteiger charge is -2.26. The Morgan fingerprint density at radius 3 is 2.93 bits per heavy atom. The van der Waals surface area contributed by atoms with E-state index >= 15 is 0 Å². The number of aromatic amines is 1. The van der Waals surface area contributed by atoms with E-state index in [1.54, 1.807) is 0 Å². The molecule has 1 aliphatic heterocycles. The Morgan fingerprint density at radius 1 is 1.39 bits per heavy atom. The van der Waals surface area contributed by atoms with Gasteiger partial charge in [0.2, 0.25) is 5.91 Å². The first-order valence-corrected chi connectivity index (χ1v) is 9.81. The predicted molar refractivity (Wildman–Crippen MR) is 111 cm³/mol. The Morgan fingerprint density at radius 2 is 2.18 bits per heavy atom. The number of nitrogens with zero attached hydrogens (tertiary/aromatic N) is 1. The number of nitrogens with one attached hydrogen (secondary N) is 2. The number of carboxylic acids is 1. The molecule has 0 bridgehead atoms. The summed E-state index contributed by atoms with van der Waals surface area (Å²) < 4.78 is 0. The van der Waals surface area contributed by atoms with Gasteiger partial charge in [-0.05, 0) is 43.7 Å². The SMILES string of the molecule is CC(C(=O)NCCc1c[nH]c2ccccc12)N1C[C@@H]2CCC[C@@]2(C(=O)O)C1.Cl. The number of rotatable bonds is 6. The third-order valence-electron chi connectivity index (χ3n) is 6.62. The molecule has 152 valence electrons. The number of para-hydroxylation sites is 1. The van der Waals surface area contributed by atoms with Gasteiger partial charge in [0.25, 0.3) is 0 Å². The fraction of sp³-hybridized carbons (Fsp3) is 0.524. The van der Waals surface area contributed by atoms with Crippen LogP contribution in [0.1, 0.15) is 31.7 Å². The van der Waals surface area contributed by atoms with Gasteiger partial charge >= 0.3 is 5.97 Å². The average molecular weight is 406 g/mol. The molecule has 0 spiro atoms. The van der Waals surface area contributed by atoms with Gasteiger partial charge in [0.1, 0.15) is 0 Å². The molecule has 28 heavy (non-hydrogen) atoms. The number of amides is 1. The molecule has 1 aromatic heterocycles. The Kier molecular flexibility index (Phi) is 6.01. The molecule has 1 saturated heterocycles. The normalized spacial score (nSPS) is 25.2. The Balaban J connectivity index is 0.00000225. The van der Waals surface area contributed by atoms with Gasteiger partial charge in [-0.3, -0.25) is 14.5 Å². The summed E-state index contributed by atoms with van der Waals surface area (Å²) in [5.41, 5.74) is 1.66. The third-order valence-corrected chi connectivity index (χ3v) is 6.62. The van der Waals surface area contributed by atoms with Crippen LogP contribution in [0.15, 0.2) is 30.5 Å². The molecule has 1 amide bonds. The molecule has 1 unspecified atom stereocenters. The standard InChI is InChI=1S/C21H27N3O3.ClH/c1-14(24-12-16-5-4-9-21(16,13-24)20(26)27)19(25)22-10-8-15-11-23-18-7-3-2-6-17(15)18;/h2-3,6-7,11,14,16,23H,4-5,8-10,12-13H2,1H3,(H,22,25)(H,26,27);1H/t14?,16-,21+;/m0./s1. The number of aromatic nitrogens is 1. The van der Waals surface area contributed by atoms with Crippen molar-refractivity contribution in [3.8, 4) is 0 Å². The molecule has 2 aliphatic rings. The third kappa shape index (κ3) is 3.51. The number of carbonyl (C=O) groups is 2. The minimum absolute atomic E-state index is 0. The Labute approximate surface area is 171 Å². The lowest BCUT2D eigenvalue weighted by atomic mass is 9.81. The van der Waals surface area contributed by atoms with Crippen molar-refractivity contribution in [3.63, 3.8) is 0 Å². The van der Waals surface area contributed by atoms with E-state index in [9.17, 15) is 14.7 Å². The van der Waals surface area contributed by atoms with E-state index in [-0.39, 0.29) is 30.3 Å². The highest BCUT2D eigenvalue weighted by atomic mass is 35.5. The zero-order chi connectivity index (χ0) is 19.0. The summed E-state index contributed by atoms with van der Waals surface area (Å²) >= 11 is 0. The first-order chi connectivity index (χ1) is 13.0. The molecule has 1 saturated carbocycles. The van der Waals surface area contributed by atoms with Crippen LogP contribution in [0, 0.1) is 11.3 Å². The van der Waals surface area contributed by atoms with Crippen LogP contribution in [0.3, 0.4) is 0 Å². The van der Waals surface area contributed by atoms with Crippen LogP contribution in [-0.2, 0) is 16.0 Å². The maximum atomic E-state index is 12.6. The maximum absolute atomic E-state index is 12.6. The van der Waals surface area contributed by atoms with Crippen molar-refractivity contribution in [2.24, 2.45) is 11.3 Å². The molecule has 3 atom stereocenters. The second-order valence-corrected chi connectivity index (χ2v) is 8.06. The zero-order valence-electron chi connectivity index (χ0n) is 16.1. The maximum Gasteiger partial charge on any atom is 0.311 e. The Bertz CT molecular complexity index is 867. The number of aliphatic carboxylic acids is 1. The lowest BCUT2D eigenvalue weighted by Crippen LogP contribution is -2.46. The van der Waals surface area contributed by atoms with Crippen LogP contribution in [0.5, 0.6) is 0 Å². The second kappa shape index (κ2) is 8.13. The van der Waals surface area contributed by atoms with E-state index in [4.69, 9.17) is 0 Å². The Hall–Kier alpha value is -2.05. The molecule has 1 aromatic carbocycles. The van der Waals surface area contributed by atoms with Crippen molar-refractivity contribution >= 4 is 35.2 Å². The summed E-state index contributed by atoms with van der Waals surface area (Å²) in [6.45, 7) is 3.66. The van der Waals surface area contributed by atoms with Crippen molar-refractivity contribution in [3.05, 3.63) is 36.0 Å². The van der Waals surface area contributed by atoms with Crippen LogP contribution in [0.25, 0.3) is 10.9 Å². The number of carbonyl (C=O) groups excluding carboxylic acids is 1. The van der Waals surface area contributed by atoms with E-state index in [2.05, 4.69) is 21.3 Å². The van der Waals surface area contributed by atoms with E-state index in [1.165, 1.54) is 10.9 Å². The number of hydrogen-bond donors (Lipinski definition) is 3. The monoisotopic (exact) mass is 405 g/mol. The van der Waals surface area contributed by atoms with E-state index < -0.39 is 11.4 Å². The first-order valence-electron chi connectivity index (χ1n) is 9.81. The number of likely N-dealkylation sites (tertiary alicyclic amines) is 1. The van der Waals surface area contributed by atoms with Gasteiger partial charge in [0, 0.05) is 36.7 Å². The second-order valence-electron chi connectivity index (χ2n) is 8.06. The smallest absolute Gasteiger partial charge is 0.311 e. The lowest BCUT2D eigenvalue weighted by molar-refractivity contribution is -0.149. The fourth-order valence-electron chi connectivity index (χ4n) is 4.95. The molecule has 3 N–H and O–H groups in total. The van der Waals surface area contributed by atoms with Crippen LogP contribution in [0.2, 0.25) is 0 Å². The largest absolute Gasteiger partial charge is 0.481 e. The van der Waals surface area contributed by atoms with Gasteiger partial charge in [-0.25, -0.2) is 0 Å². The van der Waals surface area contributed by atoms with Gasteiger partial charge in [-0.15, -0.1) is 12.4 Å². The van der Waals surface area contributed by atoms with E-state index in [0.717, 1.165) is 31.2 Å². The summed E-state index contributed by atoms with van der Waals surface area (Å²) in [6.07, 6.45) is 5.44. The number of benzene rings is 1. The van der Waals surface area contributed by atoms with Gasteiger partial charge in [-0.1, -0.05) is 24.6 Å². The van der Waals surface area contributed by atoms with E-state index in [0.29, 0.717) is 19.6 Å². The molecular weight excluding hydrogens is 378 g/mol. The molecule has 2 aromatic rings. The van der Waals surface area contributed by atoms with Crippen LogP contribution in [-0.4, -0.2) is 52.5 Å². The minimum Gasteiger partial charge on any atom is -0.481 e. The van der Waals surface area contributed by atoms with Gasteiger partial charge in [0.15, 0.2) is 0 Å². The summed E-state index contributed by atoms with van der Waals surface area (Å²) in [4.78, 5) is 29.7. The quantitative estimate of drug-likeness (QED) is 0.689. The zero-order valence-corrected chi connectivity index (χ0v) is 16.9. The topological polar surface area (TPSA) is 85.4 Å². The molecule has 4 rings (SSSR count). The highest BCUT2D eigenvalue weighted by Crippen LogP contribution is 2.49. The average Bonchev–Trinajstić information content (AvgIpc) is 3.33. The van der Waals surface area contributed by atoms with Gasteiger partial charge < -0.3 is 15.4 Å². The number of fused-ring (bicyclic) bond motifs is 2. The van der Waals surface area contributed by atoms with Crippen molar-refractivity contribution < 1.29 is 14.7 Å². The predicted octanol–water partition coefficient (Wildman–Crippen LogP) is 2.82. The molecule has 2 heterocycles. The molecule has 7 heteroatoms. The van der Waals surface area contributed by atoms with Crippen molar-refractivity contribution in [2.75, 3.05) is 19.6 Å². The van der Waals surface area contributed by atoms with Crippen LogP contribution < -0.4 is 5.32 Å². The van der Waals surface area contributed by atoms with Crippen LogP contribution >= 0.6 is 12.4 Å². The first kappa shape index (κ1) is 20.7. The molecular formula is C21H28ClN3O3. The van der Waals surface area contributed by atoms with E-state index in [1.807, 2.05) is 31.3 Å². The van der Waals surface area contributed by atoms with Crippen molar-refractivity contribution in [2.45, 2.75) is 38.6 Å². The summed E-state index contributed by atoms with van der Waals surface area (Å²) in [5.74, 6) is -0.536. The summed E-state index contributed by atoms with van der Waals surface area (Å²) in [7, 11) is 0. The number of hydrogen-bond acceptors (Lipinski definition) is 3. The van der Waals surface area contributed by atoms with Crippen molar-refractivity contribution in [1.29, 1.82) is 0 Å². The van der Waals surface area contributed by atoms with Gasteiger partial charge in [-0.2, -0.15) is 0 Å². The minimum atomic E-state index is -0.695. The summed E-state index contributed by atoms with van der Waals surface area (Å²) in [6, 6.07) is 7.85.